The van der Waals surface area contributed by atoms with Crippen LogP contribution in [0.3, 0.4) is 0 Å². The van der Waals surface area contributed by atoms with E-state index >= 15 is 0 Å². The number of rotatable bonds is 8. The minimum absolute atomic E-state index is 0.171. The van der Waals surface area contributed by atoms with Crippen molar-refractivity contribution in [2.75, 3.05) is 32.1 Å². The van der Waals surface area contributed by atoms with Crippen molar-refractivity contribution in [1.29, 1.82) is 0 Å². The first-order valence-electron chi connectivity index (χ1n) is 13.0. The van der Waals surface area contributed by atoms with Gasteiger partial charge in [-0.2, -0.15) is 0 Å². The number of thioether (sulfide) groups is 1. The van der Waals surface area contributed by atoms with Crippen LogP contribution in [0.5, 0.6) is 5.75 Å². The molecule has 0 spiro atoms. The first-order chi connectivity index (χ1) is 17.4. The van der Waals surface area contributed by atoms with Crippen LogP contribution in [0.2, 0.25) is 0 Å². The molecule has 0 bridgehead atoms. The van der Waals surface area contributed by atoms with E-state index in [1.54, 1.807) is 18.9 Å². The topological polar surface area (TPSA) is 59.1 Å². The van der Waals surface area contributed by atoms with Crippen molar-refractivity contribution in [2.45, 2.75) is 68.2 Å². The smallest absolute Gasteiger partial charge is 0.303 e. The van der Waals surface area contributed by atoms with E-state index in [4.69, 9.17) is 9.47 Å². The second kappa shape index (κ2) is 12.2. The maximum absolute atomic E-state index is 14.1. The molecule has 1 amide bonds. The Morgan fingerprint density at radius 2 is 1.81 bits per heavy atom. The van der Waals surface area contributed by atoms with Crippen LogP contribution in [0.1, 0.15) is 56.8 Å². The van der Waals surface area contributed by atoms with Gasteiger partial charge in [0.2, 0.25) is 0 Å². The van der Waals surface area contributed by atoms with Gasteiger partial charge in [-0.15, -0.1) is 11.8 Å². The lowest BCUT2D eigenvalue weighted by Crippen LogP contribution is -2.46. The van der Waals surface area contributed by atoms with Crippen LogP contribution in [0, 0.1) is 5.92 Å². The first kappa shape index (κ1) is 26.6. The monoisotopic (exact) mass is 510 g/mol. The minimum Gasteiger partial charge on any atom is -0.497 e. The average Bonchev–Trinajstić information content (AvgIpc) is 2.99. The Balaban J connectivity index is 1.62. The Bertz CT molecular complexity index is 1040. The fourth-order valence-electron chi connectivity index (χ4n) is 5.43. The van der Waals surface area contributed by atoms with E-state index < -0.39 is 12.1 Å². The van der Waals surface area contributed by atoms with Crippen LogP contribution in [-0.4, -0.2) is 56.2 Å². The summed E-state index contributed by atoms with van der Waals surface area (Å²) in [6.45, 7) is 5.06. The summed E-state index contributed by atoms with van der Waals surface area (Å²) in [7, 11) is 3.84. The number of carbonyl (C=O) groups is 2. The third-order valence-electron chi connectivity index (χ3n) is 7.22. The second-order valence-electron chi connectivity index (χ2n) is 10.1. The molecule has 1 saturated carbocycles. The fraction of sp³-hybridized carbons (Fsp3) is 0.517. The van der Waals surface area contributed by atoms with Crippen molar-refractivity contribution < 1.29 is 19.1 Å². The Labute approximate surface area is 219 Å². The van der Waals surface area contributed by atoms with E-state index in [-0.39, 0.29) is 17.1 Å². The zero-order chi connectivity index (χ0) is 25.7. The van der Waals surface area contributed by atoms with Crippen LogP contribution in [0.15, 0.2) is 53.4 Å². The lowest BCUT2D eigenvalue weighted by Gasteiger charge is -2.35. The molecule has 1 aliphatic heterocycles. The number of methoxy groups -OCH3 is 1. The van der Waals surface area contributed by atoms with Crippen molar-refractivity contribution in [3.8, 4) is 5.75 Å². The number of carbonyl (C=O) groups excluding carboxylic acids is 2. The van der Waals surface area contributed by atoms with E-state index in [1.807, 2.05) is 53.4 Å². The predicted molar refractivity (Wildman–Crippen MR) is 145 cm³/mol. The number of nitrogens with zero attached hydrogens (tertiary/aromatic N) is 2. The molecule has 0 aromatic heterocycles. The summed E-state index contributed by atoms with van der Waals surface area (Å²) >= 11 is 1.57. The summed E-state index contributed by atoms with van der Waals surface area (Å²) in [6, 6.07) is 16.3. The Hall–Kier alpha value is -2.51. The fourth-order valence-corrected chi connectivity index (χ4v) is 6.75. The summed E-state index contributed by atoms with van der Waals surface area (Å²) in [5.74, 6) is 0.374. The molecule has 2 aromatic rings. The van der Waals surface area contributed by atoms with Gasteiger partial charge in [0.1, 0.15) is 5.75 Å². The molecule has 1 heterocycles. The van der Waals surface area contributed by atoms with Gasteiger partial charge in [-0.1, -0.05) is 50.5 Å². The molecule has 3 atom stereocenters. The highest BCUT2D eigenvalue weighted by molar-refractivity contribution is 7.99. The third-order valence-corrected chi connectivity index (χ3v) is 8.60. The molecule has 1 aliphatic carbocycles. The highest BCUT2D eigenvalue weighted by atomic mass is 32.2. The van der Waals surface area contributed by atoms with Gasteiger partial charge < -0.3 is 19.3 Å². The van der Waals surface area contributed by atoms with Crippen LogP contribution < -0.4 is 9.64 Å². The quantitative estimate of drug-likeness (QED) is 0.424. The van der Waals surface area contributed by atoms with E-state index in [1.165, 1.54) is 39.0 Å². The van der Waals surface area contributed by atoms with E-state index in [2.05, 4.69) is 18.9 Å². The number of benzene rings is 2. The maximum atomic E-state index is 14.1. The molecule has 2 aliphatic rings. The zero-order valence-electron chi connectivity index (χ0n) is 21.8. The Kier molecular flexibility index (Phi) is 8.96. The molecule has 0 saturated heterocycles. The first-order valence-corrected chi connectivity index (χ1v) is 13.8. The number of esters is 1. The summed E-state index contributed by atoms with van der Waals surface area (Å²) < 4.78 is 11.0. The van der Waals surface area contributed by atoms with E-state index in [9.17, 15) is 9.59 Å². The summed E-state index contributed by atoms with van der Waals surface area (Å²) in [6.07, 6.45) is 5.53. The Morgan fingerprint density at radius 3 is 2.47 bits per heavy atom. The summed E-state index contributed by atoms with van der Waals surface area (Å²) in [5, 5.41) is -0.362. The molecule has 1 fully saturated rings. The standard InChI is InChI=1S/C29H38N2O4S/c1-20(18-30(3)23-10-6-5-7-11-23)19-31-25-12-8-9-13-26(25)36-28(27(29(31)33)35-21(2)32)22-14-16-24(34-4)17-15-22/h8-9,12-17,20,23,27-28H,5-7,10-11,18-19H2,1-4H3/t20?,27-,28+/m0/s1. The lowest BCUT2D eigenvalue weighted by molar-refractivity contribution is -0.152. The molecule has 1 unspecified atom stereocenters. The van der Waals surface area contributed by atoms with Crippen molar-refractivity contribution in [1.82, 2.24) is 4.90 Å². The lowest BCUT2D eigenvalue weighted by atomic mass is 9.94. The van der Waals surface area contributed by atoms with Gasteiger partial charge in [0.05, 0.1) is 18.0 Å². The van der Waals surface area contributed by atoms with E-state index in [0.717, 1.165) is 28.4 Å². The molecule has 194 valence electrons. The normalized spacial score (nSPS) is 21.6. The average molecular weight is 511 g/mol. The summed E-state index contributed by atoms with van der Waals surface area (Å²) in [5.41, 5.74) is 1.80. The Morgan fingerprint density at radius 1 is 1.11 bits per heavy atom. The molecule has 7 heteroatoms. The molecule has 0 N–H and O–H groups in total. The minimum atomic E-state index is -0.920. The molecule has 2 aromatic carbocycles. The van der Waals surface area contributed by atoms with Crippen LogP contribution in [0.4, 0.5) is 5.69 Å². The number of anilines is 1. The van der Waals surface area contributed by atoms with Crippen molar-refractivity contribution in [3.63, 3.8) is 0 Å². The highest BCUT2D eigenvalue weighted by Crippen LogP contribution is 2.47. The number of hydrogen-bond donors (Lipinski definition) is 0. The van der Waals surface area contributed by atoms with Gasteiger partial charge in [-0.25, -0.2) is 0 Å². The highest BCUT2D eigenvalue weighted by Gasteiger charge is 2.41. The molecule has 4 rings (SSSR count). The SMILES string of the molecule is COc1ccc([C@H]2Sc3ccccc3N(CC(C)CN(C)C3CCCCC3)C(=O)[C@H]2OC(C)=O)cc1. The van der Waals surface area contributed by atoms with Crippen LogP contribution in [0.25, 0.3) is 0 Å². The molecular weight excluding hydrogens is 472 g/mol. The van der Waals surface area contributed by atoms with Gasteiger partial charge >= 0.3 is 5.97 Å². The third kappa shape index (κ3) is 6.24. The van der Waals surface area contributed by atoms with Crippen molar-refractivity contribution >= 4 is 29.3 Å². The zero-order valence-corrected chi connectivity index (χ0v) is 22.6. The van der Waals surface area contributed by atoms with Gasteiger partial charge in [0.15, 0.2) is 6.10 Å². The van der Waals surface area contributed by atoms with Gasteiger partial charge in [0.25, 0.3) is 5.91 Å². The molecule has 6 nitrogen and oxygen atoms in total. The van der Waals surface area contributed by atoms with Gasteiger partial charge in [-0.3, -0.25) is 9.59 Å². The van der Waals surface area contributed by atoms with Gasteiger partial charge in [-0.05, 0) is 55.6 Å². The number of amides is 1. The molecular formula is C29H38N2O4S. The molecule has 36 heavy (non-hydrogen) atoms. The van der Waals surface area contributed by atoms with Crippen LogP contribution in [-0.2, 0) is 14.3 Å². The van der Waals surface area contributed by atoms with Crippen molar-refractivity contribution in [3.05, 3.63) is 54.1 Å². The number of fused-ring (bicyclic) bond motifs is 1. The largest absolute Gasteiger partial charge is 0.497 e. The number of hydrogen-bond acceptors (Lipinski definition) is 6. The van der Waals surface area contributed by atoms with E-state index in [0.29, 0.717) is 12.6 Å². The van der Waals surface area contributed by atoms with Crippen LogP contribution >= 0.6 is 11.8 Å². The van der Waals surface area contributed by atoms with Gasteiger partial charge in [0, 0.05) is 31.0 Å². The van der Waals surface area contributed by atoms with Crippen molar-refractivity contribution in [2.24, 2.45) is 5.92 Å². The number of para-hydroxylation sites is 1. The molecule has 0 radical (unpaired) electrons. The summed E-state index contributed by atoms with van der Waals surface area (Å²) in [4.78, 5) is 31.5. The maximum Gasteiger partial charge on any atom is 0.303 e. The predicted octanol–water partition coefficient (Wildman–Crippen LogP) is 5.71. The second-order valence-corrected chi connectivity index (χ2v) is 11.3. The number of ether oxygens (including phenoxy) is 2.